The Morgan fingerprint density at radius 2 is 2.26 bits per heavy atom. The average Bonchev–Trinajstić information content (AvgIpc) is 2.99. The standard InChI is InChI=1S/C14H22N4S/c1-4-14-17-12(10-19-14)9-18-6-5-16-13(18)8-15-7-11(2)3/h5-6,10-11,15H,4,7-9H2,1-3H3. The Labute approximate surface area is 118 Å². The fraction of sp³-hybridized carbons (Fsp3) is 0.571. The van der Waals surface area contributed by atoms with Crippen molar-refractivity contribution in [3.05, 3.63) is 34.3 Å². The summed E-state index contributed by atoms with van der Waals surface area (Å²) in [6.07, 6.45) is 4.90. The van der Waals surface area contributed by atoms with Gasteiger partial charge < -0.3 is 9.88 Å². The highest BCUT2D eigenvalue weighted by molar-refractivity contribution is 7.09. The van der Waals surface area contributed by atoms with Gasteiger partial charge in [-0.1, -0.05) is 20.8 Å². The number of aryl methyl sites for hydroxylation is 1. The van der Waals surface area contributed by atoms with Crippen LogP contribution in [0.2, 0.25) is 0 Å². The lowest BCUT2D eigenvalue weighted by Crippen LogP contribution is -2.21. The van der Waals surface area contributed by atoms with Crippen molar-refractivity contribution >= 4 is 11.3 Å². The first-order chi connectivity index (χ1) is 9.19. The second-order valence-electron chi connectivity index (χ2n) is 5.08. The maximum absolute atomic E-state index is 4.60. The Balaban J connectivity index is 1.95. The minimum absolute atomic E-state index is 0.661. The van der Waals surface area contributed by atoms with Gasteiger partial charge in [0.05, 0.1) is 23.8 Å². The van der Waals surface area contributed by atoms with E-state index in [0.717, 1.165) is 37.6 Å². The van der Waals surface area contributed by atoms with E-state index in [0.29, 0.717) is 5.92 Å². The first kappa shape index (κ1) is 14.2. The second-order valence-corrected chi connectivity index (χ2v) is 6.02. The zero-order valence-electron chi connectivity index (χ0n) is 11.9. The Hall–Kier alpha value is -1.20. The van der Waals surface area contributed by atoms with Crippen LogP contribution in [0.1, 0.15) is 37.3 Å². The summed E-state index contributed by atoms with van der Waals surface area (Å²) in [5.41, 5.74) is 1.13. The third-order valence-electron chi connectivity index (χ3n) is 2.87. The summed E-state index contributed by atoms with van der Waals surface area (Å²) in [6.45, 7) is 9.21. The van der Waals surface area contributed by atoms with Crippen LogP contribution in [0.25, 0.3) is 0 Å². The number of aromatic nitrogens is 3. The van der Waals surface area contributed by atoms with Gasteiger partial charge in [-0.05, 0) is 18.9 Å². The van der Waals surface area contributed by atoms with E-state index < -0.39 is 0 Å². The van der Waals surface area contributed by atoms with Crippen molar-refractivity contribution in [2.45, 2.75) is 40.3 Å². The number of nitrogens with zero attached hydrogens (tertiary/aromatic N) is 3. The molecular formula is C14H22N4S. The van der Waals surface area contributed by atoms with Crippen molar-refractivity contribution in [1.29, 1.82) is 0 Å². The molecule has 2 aromatic rings. The number of hydrogen-bond acceptors (Lipinski definition) is 4. The molecule has 0 radical (unpaired) electrons. The normalized spacial score (nSPS) is 11.4. The summed E-state index contributed by atoms with van der Waals surface area (Å²) in [7, 11) is 0. The highest BCUT2D eigenvalue weighted by atomic mass is 32.1. The molecule has 4 nitrogen and oxygen atoms in total. The van der Waals surface area contributed by atoms with Crippen LogP contribution in [0.3, 0.4) is 0 Å². The van der Waals surface area contributed by atoms with Crippen molar-refractivity contribution in [1.82, 2.24) is 19.9 Å². The lowest BCUT2D eigenvalue weighted by Gasteiger charge is -2.09. The van der Waals surface area contributed by atoms with Crippen LogP contribution in [0.4, 0.5) is 0 Å². The van der Waals surface area contributed by atoms with Crippen LogP contribution in [0.5, 0.6) is 0 Å². The topological polar surface area (TPSA) is 42.7 Å². The molecule has 0 amide bonds. The monoisotopic (exact) mass is 278 g/mol. The van der Waals surface area contributed by atoms with Gasteiger partial charge in [-0.3, -0.25) is 0 Å². The van der Waals surface area contributed by atoms with Gasteiger partial charge in [-0.25, -0.2) is 9.97 Å². The Morgan fingerprint density at radius 3 is 2.95 bits per heavy atom. The molecule has 1 N–H and O–H groups in total. The zero-order chi connectivity index (χ0) is 13.7. The van der Waals surface area contributed by atoms with Gasteiger partial charge in [0.1, 0.15) is 5.82 Å². The molecule has 0 bridgehead atoms. The molecule has 5 heteroatoms. The second kappa shape index (κ2) is 6.82. The molecule has 0 atom stereocenters. The molecule has 2 heterocycles. The molecule has 0 aliphatic rings. The summed E-state index contributed by atoms with van der Waals surface area (Å²) < 4.78 is 2.17. The molecule has 0 aliphatic heterocycles. The van der Waals surface area contributed by atoms with Gasteiger partial charge in [-0.2, -0.15) is 0 Å². The molecule has 104 valence electrons. The zero-order valence-corrected chi connectivity index (χ0v) is 12.7. The van der Waals surface area contributed by atoms with Crippen molar-refractivity contribution < 1.29 is 0 Å². The molecule has 2 aromatic heterocycles. The van der Waals surface area contributed by atoms with E-state index in [1.54, 1.807) is 11.3 Å². The van der Waals surface area contributed by atoms with Crippen LogP contribution in [-0.4, -0.2) is 21.1 Å². The summed E-state index contributed by atoms with van der Waals surface area (Å²) in [6, 6.07) is 0. The Morgan fingerprint density at radius 1 is 1.42 bits per heavy atom. The predicted molar refractivity (Wildman–Crippen MR) is 79.4 cm³/mol. The average molecular weight is 278 g/mol. The van der Waals surface area contributed by atoms with Crippen LogP contribution in [-0.2, 0) is 19.5 Å². The van der Waals surface area contributed by atoms with E-state index in [1.807, 2.05) is 12.4 Å². The van der Waals surface area contributed by atoms with Crippen LogP contribution in [0, 0.1) is 5.92 Å². The van der Waals surface area contributed by atoms with E-state index in [-0.39, 0.29) is 0 Å². The molecule has 0 aromatic carbocycles. The lowest BCUT2D eigenvalue weighted by atomic mass is 10.2. The van der Waals surface area contributed by atoms with E-state index >= 15 is 0 Å². The van der Waals surface area contributed by atoms with Gasteiger partial charge >= 0.3 is 0 Å². The molecule has 19 heavy (non-hydrogen) atoms. The van der Waals surface area contributed by atoms with E-state index in [2.05, 4.69) is 46.0 Å². The molecule has 0 aliphatic carbocycles. The van der Waals surface area contributed by atoms with Crippen molar-refractivity contribution in [3.8, 4) is 0 Å². The van der Waals surface area contributed by atoms with Crippen LogP contribution < -0.4 is 5.32 Å². The lowest BCUT2D eigenvalue weighted by molar-refractivity contribution is 0.532. The number of imidazole rings is 1. The predicted octanol–water partition coefficient (Wildman–Crippen LogP) is 2.70. The fourth-order valence-electron chi connectivity index (χ4n) is 1.88. The summed E-state index contributed by atoms with van der Waals surface area (Å²) >= 11 is 1.74. The Kier molecular flexibility index (Phi) is 5.10. The smallest absolute Gasteiger partial charge is 0.123 e. The quantitative estimate of drug-likeness (QED) is 0.847. The fourth-order valence-corrected chi connectivity index (χ4v) is 2.62. The van der Waals surface area contributed by atoms with Gasteiger partial charge in [-0.15, -0.1) is 11.3 Å². The molecule has 0 fully saturated rings. The highest BCUT2D eigenvalue weighted by Crippen LogP contribution is 2.12. The maximum atomic E-state index is 4.60. The minimum Gasteiger partial charge on any atom is -0.328 e. The summed E-state index contributed by atoms with van der Waals surface area (Å²) in [4.78, 5) is 9.01. The highest BCUT2D eigenvalue weighted by Gasteiger charge is 2.06. The summed E-state index contributed by atoms with van der Waals surface area (Å²) in [5, 5.41) is 6.77. The number of nitrogens with one attached hydrogen (secondary N) is 1. The molecule has 2 rings (SSSR count). The van der Waals surface area contributed by atoms with E-state index in [4.69, 9.17) is 0 Å². The molecule has 0 unspecified atom stereocenters. The largest absolute Gasteiger partial charge is 0.328 e. The molecule has 0 saturated heterocycles. The van der Waals surface area contributed by atoms with Crippen LogP contribution >= 0.6 is 11.3 Å². The molecule has 0 spiro atoms. The third kappa shape index (κ3) is 4.14. The van der Waals surface area contributed by atoms with Gasteiger partial charge in [0.25, 0.3) is 0 Å². The molecular weight excluding hydrogens is 256 g/mol. The minimum atomic E-state index is 0.661. The number of rotatable bonds is 7. The number of thiazole rings is 1. The maximum Gasteiger partial charge on any atom is 0.123 e. The SMILES string of the molecule is CCc1nc(Cn2ccnc2CNCC(C)C)cs1. The number of hydrogen-bond donors (Lipinski definition) is 1. The van der Waals surface area contributed by atoms with Gasteiger partial charge in [0.15, 0.2) is 0 Å². The molecule has 0 saturated carbocycles. The van der Waals surface area contributed by atoms with Crippen molar-refractivity contribution in [3.63, 3.8) is 0 Å². The van der Waals surface area contributed by atoms with Gasteiger partial charge in [0.2, 0.25) is 0 Å². The van der Waals surface area contributed by atoms with Crippen molar-refractivity contribution in [2.75, 3.05) is 6.54 Å². The third-order valence-corrected chi connectivity index (χ3v) is 3.91. The van der Waals surface area contributed by atoms with Gasteiger partial charge in [0, 0.05) is 17.8 Å². The van der Waals surface area contributed by atoms with E-state index in [9.17, 15) is 0 Å². The van der Waals surface area contributed by atoms with Crippen molar-refractivity contribution in [2.24, 2.45) is 5.92 Å². The summed E-state index contributed by atoms with van der Waals surface area (Å²) in [5.74, 6) is 1.74. The Bertz CT molecular complexity index is 501. The van der Waals surface area contributed by atoms with Crippen LogP contribution in [0.15, 0.2) is 17.8 Å². The first-order valence-electron chi connectivity index (χ1n) is 6.83. The van der Waals surface area contributed by atoms with E-state index in [1.165, 1.54) is 5.01 Å². The first-order valence-corrected chi connectivity index (χ1v) is 7.71.